The number of rotatable bonds is 5. The molecule has 5 aromatic rings. The van der Waals surface area contributed by atoms with E-state index in [0.717, 1.165) is 33.3 Å². The maximum atomic E-state index is 13.4. The molecule has 0 atom stereocenters. The standard InChI is InChI=1S/C29H26N4O/c1-19-9-12-26-24(15-19)25(17-27(30-26)23-11-10-20(2)21(3)16-23)29(34)31-28-13-14-33(32-28)18-22-7-5-4-6-8-22/h4-17H,18H2,1-3H3,(H,31,32,34). The molecule has 1 N–H and O–H groups in total. The Morgan fingerprint density at radius 1 is 0.882 bits per heavy atom. The van der Waals surface area contributed by atoms with E-state index >= 15 is 0 Å². The van der Waals surface area contributed by atoms with Crippen LogP contribution in [0.15, 0.2) is 85.1 Å². The lowest BCUT2D eigenvalue weighted by Gasteiger charge is -2.11. The van der Waals surface area contributed by atoms with Gasteiger partial charge in [-0.3, -0.25) is 9.48 Å². The van der Waals surface area contributed by atoms with Crippen LogP contribution in [-0.2, 0) is 6.54 Å². The first-order valence-corrected chi connectivity index (χ1v) is 11.3. The Kier molecular flexibility index (Phi) is 5.68. The minimum Gasteiger partial charge on any atom is -0.305 e. The predicted molar refractivity (Wildman–Crippen MR) is 137 cm³/mol. The van der Waals surface area contributed by atoms with Crippen molar-refractivity contribution in [2.24, 2.45) is 0 Å². The number of amides is 1. The summed E-state index contributed by atoms with van der Waals surface area (Å²) in [4.78, 5) is 18.3. The fourth-order valence-corrected chi connectivity index (χ4v) is 4.05. The summed E-state index contributed by atoms with van der Waals surface area (Å²) >= 11 is 0. The number of carbonyl (C=O) groups excluding carboxylic acids is 1. The van der Waals surface area contributed by atoms with E-state index in [1.165, 1.54) is 11.1 Å². The average molecular weight is 447 g/mol. The Morgan fingerprint density at radius 2 is 1.71 bits per heavy atom. The molecule has 2 aromatic heterocycles. The summed E-state index contributed by atoms with van der Waals surface area (Å²) in [5, 5.41) is 8.34. The topological polar surface area (TPSA) is 59.8 Å². The number of nitrogens with one attached hydrogen (secondary N) is 1. The molecule has 2 heterocycles. The van der Waals surface area contributed by atoms with Crippen LogP contribution in [-0.4, -0.2) is 20.7 Å². The molecule has 0 aliphatic heterocycles. The van der Waals surface area contributed by atoms with Crippen LogP contribution >= 0.6 is 0 Å². The lowest BCUT2D eigenvalue weighted by atomic mass is 10.00. The molecule has 0 saturated heterocycles. The number of hydrogen-bond acceptors (Lipinski definition) is 3. The summed E-state index contributed by atoms with van der Waals surface area (Å²) in [5.41, 5.74) is 7.79. The van der Waals surface area contributed by atoms with Gasteiger partial charge in [0.1, 0.15) is 0 Å². The van der Waals surface area contributed by atoms with Crippen LogP contribution in [0.5, 0.6) is 0 Å². The third-order valence-electron chi connectivity index (χ3n) is 6.08. The maximum absolute atomic E-state index is 13.4. The molecule has 5 rings (SSSR count). The Hall–Kier alpha value is -4.25. The summed E-state index contributed by atoms with van der Waals surface area (Å²) in [6.45, 7) is 6.84. The van der Waals surface area contributed by atoms with Crippen LogP contribution in [0.1, 0.15) is 32.6 Å². The predicted octanol–water partition coefficient (Wildman–Crippen LogP) is 6.32. The van der Waals surface area contributed by atoms with Crippen LogP contribution in [0.25, 0.3) is 22.2 Å². The molecule has 0 saturated carbocycles. The largest absolute Gasteiger partial charge is 0.305 e. The SMILES string of the molecule is Cc1ccc2nc(-c3ccc(C)c(C)c3)cc(C(=O)Nc3ccn(Cc4ccccc4)n3)c2c1. The van der Waals surface area contributed by atoms with Crippen molar-refractivity contribution in [2.75, 3.05) is 5.32 Å². The summed E-state index contributed by atoms with van der Waals surface area (Å²) < 4.78 is 1.82. The van der Waals surface area contributed by atoms with Gasteiger partial charge in [0, 0.05) is 23.2 Å². The van der Waals surface area contributed by atoms with Gasteiger partial charge in [-0.25, -0.2) is 4.98 Å². The molecule has 5 heteroatoms. The van der Waals surface area contributed by atoms with Gasteiger partial charge in [-0.15, -0.1) is 0 Å². The maximum Gasteiger partial charge on any atom is 0.257 e. The van der Waals surface area contributed by atoms with Crippen molar-refractivity contribution in [3.63, 3.8) is 0 Å². The second-order valence-corrected chi connectivity index (χ2v) is 8.71. The molecule has 168 valence electrons. The van der Waals surface area contributed by atoms with Gasteiger partial charge in [0.15, 0.2) is 5.82 Å². The molecule has 0 unspecified atom stereocenters. The van der Waals surface area contributed by atoms with Gasteiger partial charge >= 0.3 is 0 Å². The van der Waals surface area contributed by atoms with E-state index in [2.05, 4.69) is 54.6 Å². The Morgan fingerprint density at radius 3 is 2.50 bits per heavy atom. The normalized spacial score (nSPS) is 11.0. The highest BCUT2D eigenvalue weighted by molar-refractivity contribution is 6.13. The molecule has 0 bridgehead atoms. The fourth-order valence-electron chi connectivity index (χ4n) is 4.05. The number of aromatic nitrogens is 3. The van der Waals surface area contributed by atoms with E-state index in [1.54, 1.807) is 0 Å². The number of aryl methyl sites for hydroxylation is 3. The average Bonchev–Trinajstić information content (AvgIpc) is 3.27. The second kappa shape index (κ2) is 8.94. The first kappa shape index (κ1) is 21.6. The monoisotopic (exact) mass is 446 g/mol. The highest BCUT2D eigenvalue weighted by atomic mass is 16.1. The van der Waals surface area contributed by atoms with Gasteiger partial charge in [-0.05, 0) is 61.7 Å². The number of anilines is 1. The van der Waals surface area contributed by atoms with Crippen molar-refractivity contribution in [1.29, 1.82) is 0 Å². The van der Waals surface area contributed by atoms with Crippen molar-refractivity contribution < 1.29 is 4.79 Å². The van der Waals surface area contributed by atoms with Crippen LogP contribution in [0.3, 0.4) is 0 Å². The van der Waals surface area contributed by atoms with E-state index in [1.807, 2.05) is 66.3 Å². The molecule has 5 nitrogen and oxygen atoms in total. The Labute approximate surface area is 199 Å². The lowest BCUT2D eigenvalue weighted by Crippen LogP contribution is -2.14. The van der Waals surface area contributed by atoms with Crippen LogP contribution < -0.4 is 5.32 Å². The molecule has 1 amide bonds. The highest BCUT2D eigenvalue weighted by Crippen LogP contribution is 2.27. The first-order valence-electron chi connectivity index (χ1n) is 11.3. The summed E-state index contributed by atoms with van der Waals surface area (Å²) in [6, 6.07) is 26.1. The van der Waals surface area contributed by atoms with Crippen LogP contribution in [0, 0.1) is 20.8 Å². The molecule has 0 fully saturated rings. The molecular weight excluding hydrogens is 420 g/mol. The van der Waals surface area contributed by atoms with Crippen LogP contribution in [0.2, 0.25) is 0 Å². The fraction of sp³-hybridized carbons (Fsp3) is 0.138. The quantitative estimate of drug-likeness (QED) is 0.343. The first-order chi connectivity index (χ1) is 16.5. The zero-order valence-corrected chi connectivity index (χ0v) is 19.5. The van der Waals surface area contributed by atoms with E-state index in [0.29, 0.717) is 17.9 Å². The number of fused-ring (bicyclic) bond motifs is 1. The number of pyridine rings is 1. The van der Waals surface area contributed by atoms with E-state index in [-0.39, 0.29) is 5.91 Å². The molecule has 3 aromatic carbocycles. The van der Waals surface area contributed by atoms with Gasteiger partial charge < -0.3 is 5.32 Å². The van der Waals surface area contributed by atoms with Gasteiger partial charge in [0.05, 0.1) is 23.3 Å². The van der Waals surface area contributed by atoms with Crippen molar-refractivity contribution in [3.8, 4) is 11.3 Å². The van der Waals surface area contributed by atoms with Gasteiger partial charge in [0.2, 0.25) is 0 Å². The lowest BCUT2D eigenvalue weighted by molar-refractivity contribution is 0.102. The molecule has 34 heavy (non-hydrogen) atoms. The smallest absolute Gasteiger partial charge is 0.257 e. The van der Waals surface area contributed by atoms with Crippen LogP contribution in [0.4, 0.5) is 5.82 Å². The number of carbonyl (C=O) groups is 1. The van der Waals surface area contributed by atoms with Crippen molar-refractivity contribution in [3.05, 3.63) is 113 Å². The zero-order chi connectivity index (χ0) is 23.7. The van der Waals surface area contributed by atoms with Crippen molar-refractivity contribution in [1.82, 2.24) is 14.8 Å². The van der Waals surface area contributed by atoms with E-state index < -0.39 is 0 Å². The third-order valence-corrected chi connectivity index (χ3v) is 6.08. The number of nitrogens with zero attached hydrogens (tertiary/aromatic N) is 3. The van der Waals surface area contributed by atoms with Gasteiger partial charge in [-0.1, -0.05) is 54.1 Å². The van der Waals surface area contributed by atoms with E-state index in [9.17, 15) is 4.79 Å². The second-order valence-electron chi connectivity index (χ2n) is 8.71. The minimum absolute atomic E-state index is 0.201. The highest BCUT2D eigenvalue weighted by Gasteiger charge is 2.16. The molecule has 0 radical (unpaired) electrons. The minimum atomic E-state index is -0.201. The number of benzene rings is 3. The summed E-state index contributed by atoms with van der Waals surface area (Å²) in [5.74, 6) is 0.319. The molecular formula is C29H26N4O. The number of hydrogen-bond donors (Lipinski definition) is 1. The van der Waals surface area contributed by atoms with Gasteiger partial charge in [0.25, 0.3) is 5.91 Å². The summed E-state index contributed by atoms with van der Waals surface area (Å²) in [7, 11) is 0. The van der Waals surface area contributed by atoms with Crippen molar-refractivity contribution in [2.45, 2.75) is 27.3 Å². The zero-order valence-electron chi connectivity index (χ0n) is 19.5. The van der Waals surface area contributed by atoms with Crippen molar-refractivity contribution >= 4 is 22.6 Å². The third kappa shape index (κ3) is 4.46. The Balaban J connectivity index is 1.49. The Bertz CT molecular complexity index is 1500. The molecule has 0 aliphatic carbocycles. The molecule has 0 aliphatic rings. The van der Waals surface area contributed by atoms with Gasteiger partial charge in [-0.2, -0.15) is 5.10 Å². The summed E-state index contributed by atoms with van der Waals surface area (Å²) in [6.07, 6.45) is 1.87. The van der Waals surface area contributed by atoms with E-state index in [4.69, 9.17) is 4.98 Å². The molecule has 0 spiro atoms.